The van der Waals surface area contributed by atoms with Crippen molar-refractivity contribution in [3.8, 4) is 22.6 Å². The van der Waals surface area contributed by atoms with E-state index in [1.165, 1.54) is 10.8 Å². The Morgan fingerprint density at radius 3 is 2.28 bits per heavy atom. The first-order valence-electron chi connectivity index (χ1n) is 11.9. The van der Waals surface area contributed by atoms with Gasteiger partial charge in [-0.3, -0.25) is 4.40 Å². The fraction of sp³-hybridized carbons (Fsp3) is 0. The van der Waals surface area contributed by atoms with Crippen LogP contribution in [0.2, 0.25) is 0 Å². The molecule has 5 nitrogen and oxygen atoms in total. The maximum Gasteiger partial charge on any atom is 0.227 e. The molecular weight excluding hydrogens is 444 g/mol. The van der Waals surface area contributed by atoms with Crippen LogP contribution < -0.4 is 0 Å². The summed E-state index contributed by atoms with van der Waals surface area (Å²) in [5.41, 5.74) is 8.68. The number of fused-ring (bicyclic) bond motifs is 9. The largest absolute Gasteiger partial charge is 0.436 e. The third-order valence-corrected chi connectivity index (χ3v) is 6.89. The summed E-state index contributed by atoms with van der Waals surface area (Å²) in [7, 11) is 0. The number of nitrogens with zero attached hydrogens (tertiary/aromatic N) is 4. The minimum absolute atomic E-state index is 0.631. The standard InChI is InChI=1S/C31H18N4O/c1-3-8-26-23(6-1)22-16-15-21(18-24(22)30-34-29-27(35(26)30)9-5-17-32-29)19-11-13-20(14-12-19)31-33-25-7-2-4-10-28(25)36-31/h1-18H. The van der Waals surface area contributed by atoms with Crippen molar-refractivity contribution in [2.24, 2.45) is 0 Å². The molecule has 0 bridgehead atoms. The number of oxazole rings is 1. The molecule has 4 aromatic heterocycles. The minimum Gasteiger partial charge on any atom is -0.436 e. The van der Waals surface area contributed by atoms with Crippen molar-refractivity contribution in [1.82, 2.24) is 19.4 Å². The van der Waals surface area contributed by atoms with Gasteiger partial charge >= 0.3 is 0 Å². The number of benzene rings is 4. The molecule has 36 heavy (non-hydrogen) atoms. The molecule has 0 radical (unpaired) electrons. The second-order valence-corrected chi connectivity index (χ2v) is 8.96. The van der Waals surface area contributed by atoms with E-state index in [0.29, 0.717) is 5.89 Å². The zero-order valence-corrected chi connectivity index (χ0v) is 19.1. The maximum absolute atomic E-state index is 5.95. The van der Waals surface area contributed by atoms with Gasteiger partial charge < -0.3 is 4.42 Å². The highest BCUT2D eigenvalue weighted by Crippen LogP contribution is 2.35. The van der Waals surface area contributed by atoms with E-state index < -0.39 is 0 Å². The van der Waals surface area contributed by atoms with Crippen LogP contribution in [0.4, 0.5) is 0 Å². The Morgan fingerprint density at radius 1 is 0.583 bits per heavy atom. The summed E-state index contributed by atoms with van der Waals surface area (Å²) >= 11 is 0. The topological polar surface area (TPSA) is 56.2 Å². The predicted octanol–water partition coefficient (Wildman–Crippen LogP) is 7.66. The smallest absolute Gasteiger partial charge is 0.227 e. The van der Waals surface area contributed by atoms with Crippen molar-refractivity contribution in [3.63, 3.8) is 0 Å². The summed E-state index contributed by atoms with van der Waals surface area (Å²) in [5.74, 6) is 0.631. The third kappa shape index (κ3) is 2.74. The van der Waals surface area contributed by atoms with Crippen molar-refractivity contribution in [1.29, 1.82) is 0 Å². The van der Waals surface area contributed by atoms with Crippen molar-refractivity contribution in [2.75, 3.05) is 0 Å². The average Bonchev–Trinajstić information content (AvgIpc) is 3.55. The number of pyridine rings is 2. The van der Waals surface area contributed by atoms with Gasteiger partial charge in [0.15, 0.2) is 11.2 Å². The zero-order valence-electron chi connectivity index (χ0n) is 19.1. The van der Waals surface area contributed by atoms with Crippen LogP contribution in [0.1, 0.15) is 0 Å². The van der Waals surface area contributed by atoms with E-state index in [1.807, 2.05) is 30.3 Å². The van der Waals surface area contributed by atoms with Gasteiger partial charge in [0, 0.05) is 22.5 Å². The number of imidazole rings is 1. The maximum atomic E-state index is 5.95. The quantitative estimate of drug-likeness (QED) is 0.247. The first-order chi connectivity index (χ1) is 17.8. The molecule has 8 aromatic rings. The first kappa shape index (κ1) is 19.3. The molecule has 0 unspecified atom stereocenters. The van der Waals surface area contributed by atoms with E-state index in [1.54, 1.807) is 6.20 Å². The molecule has 0 atom stereocenters. The molecule has 0 aliphatic rings. The number of hydrogen-bond donors (Lipinski definition) is 0. The van der Waals surface area contributed by atoms with Gasteiger partial charge in [-0.15, -0.1) is 0 Å². The highest BCUT2D eigenvalue weighted by molar-refractivity contribution is 6.14. The lowest BCUT2D eigenvalue weighted by molar-refractivity contribution is 0.620. The lowest BCUT2D eigenvalue weighted by Gasteiger charge is -2.11. The number of aromatic nitrogens is 4. The van der Waals surface area contributed by atoms with Gasteiger partial charge in [0.1, 0.15) is 11.2 Å². The highest BCUT2D eigenvalue weighted by Gasteiger charge is 2.15. The fourth-order valence-corrected chi connectivity index (χ4v) is 5.18. The molecule has 0 spiro atoms. The van der Waals surface area contributed by atoms with Gasteiger partial charge in [-0.05, 0) is 65.0 Å². The Morgan fingerprint density at radius 2 is 1.36 bits per heavy atom. The summed E-state index contributed by atoms with van der Waals surface area (Å²) in [6, 6.07) is 35.3. The summed E-state index contributed by atoms with van der Waals surface area (Å²) < 4.78 is 8.17. The van der Waals surface area contributed by atoms with Crippen LogP contribution in [0.25, 0.3) is 72.2 Å². The van der Waals surface area contributed by atoms with E-state index in [2.05, 4.69) is 87.2 Å². The Kier molecular flexibility index (Phi) is 3.88. The molecule has 0 aliphatic carbocycles. The third-order valence-electron chi connectivity index (χ3n) is 6.89. The van der Waals surface area contributed by atoms with Gasteiger partial charge in [0.05, 0.1) is 11.0 Å². The van der Waals surface area contributed by atoms with Gasteiger partial charge in [0.25, 0.3) is 0 Å². The van der Waals surface area contributed by atoms with Gasteiger partial charge in [0.2, 0.25) is 5.89 Å². The molecule has 0 fully saturated rings. The van der Waals surface area contributed by atoms with E-state index in [0.717, 1.165) is 55.5 Å². The van der Waals surface area contributed by atoms with Crippen molar-refractivity contribution < 1.29 is 4.42 Å². The number of para-hydroxylation sites is 3. The van der Waals surface area contributed by atoms with E-state index in [-0.39, 0.29) is 0 Å². The number of hydrogen-bond acceptors (Lipinski definition) is 4. The average molecular weight is 463 g/mol. The molecule has 4 aromatic carbocycles. The fourth-order valence-electron chi connectivity index (χ4n) is 5.18. The Hall–Kier alpha value is -5.03. The molecule has 0 amide bonds. The highest BCUT2D eigenvalue weighted by atomic mass is 16.3. The normalized spacial score (nSPS) is 11.9. The van der Waals surface area contributed by atoms with Crippen molar-refractivity contribution in [3.05, 3.63) is 109 Å². The van der Waals surface area contributed by atoms with E-state index >= 15 is 0 Å². The minimum atomic E-state index is 0.631. The SMILES string of the molecule is c1ccc2oc(-c3ccc(-c4ccc5c6ccccc6n6c7cccnc7nc6c5c4)cc3)nc2c1. The summed E-state index contributed by atoms with van der Waals surface area (Å²) in [4.78, 5) is 14.1. The van der Waals surface area contributed by atoms with Crippen molar-refractivity contribution in [2.45, 2.75) is 0 Å². The van der Waals surface area contributed by atoms with Crippen molar-refractivity contribution >= 4 is 49.6 Å². The van der Waals surface area contributed by atoms with Gasteiger partial charge in [-0.1, -0.05) is 54.6 Å². The Balaban J connectivity index is 1.32. The molecule has 8 rings (SSSR count). The van der Waals surface area contributed by atoms with Gasteiger partial charge in [-0.25, -0.2) is 15.0 Å². The Bertz CT molecular complexity index is 2070. The van der Waals surface area contributed by atoms with Crippen LogP contribution in [-0.4, -0.2) is 19.4 Å². The van der Waals surface area contributed by atoms with E-state index in [4.69, 9.17) is 9.40 Å². The summed E-state index contributed by atoms with van der Waals surface area (Å²) in [6.45, 7) is 0. The van der Waals surface area contributed by atoms with E-state index in [9.17, 15) is 0 Å². The van der Waals surface area contributed by atoms with Crippen LogP contribution >= 0.6 is 0 Å². The second kappa shape index (κ2) is 7.23. The van der Waals surface area contributed by atoms with Crippen LogP contribution in [0.15, 0.2) is 114 Å². The zero-order chi connectivity index (χ0) is 23.6. The summed E-state index contributed by atoms with van der Waals surface area (Å²) in [5, 5.41) is 3.48. The lowest BCUT2D eigenvalue weighted by atomic mass is 9.98. The molecule has 0 saturated heterocycles. The molecule has 0 N–H and O–H groups in total. The predicted molar refractivity (Wildman–Crippen MR) is 144 cm³/mol. The molecule has 5 heteroatoms. The van der Waals surface area contributed by atoms with Crippen LogP contribution in [0.3, 0.4) is 0 Å². The van der Waals surface area contributed by atoms with Crippen LogP contribution in [-0.2, 0) is 0 Å². The van der Waals surface area contributed by atoms with Gasteiger partial charge in [-0.2, -0.15) is 0 Å². The molecule has 4 heterocycles. The van der Waals surface area contributed by atoms with Crippen LogP contribution in [0.5, 0.6) is 0 Å². The monoisotopic (exact) mass is 462 g/mol. The summed E-state index contributed by atoms with van der Waals surface area (Å²) in [6.07, 6.45) is 1.79. The molecule has 0 saturated carbocycles. The molecular formula is C31H18N4O. The lowest BCUT2D eigenvalue weighted by Crippen LogP contribution is -1.92. The van der Waals surface area contributed by atoms with Crippen LogP contribution in [0, 0.1) is 0 Å². The Labute approximate surface area is 205 Å². The second-order valence-electron chi connectivity index (χ2n) is 8.96. The molecule has 0 aliphatic heterocycles. The molecule has 168 valence electrons. The number of rotatable bonds is 2. The first-order valence-corrected chi connectivity index (χ1v) is 11.9.